The lowest BCUT2D eigenvalue weighted by Gasteiger charge is -2.15. The number of halogens is 2. The van der Waals surface area contributed by atoms with Gasteiger partial charge in [-0.3, -0.25) is 9.59 Å². The number of primary amides is 1. The fourth-order valence-corrected chi connectivity index (χ4v) is 2.92. The summed E-state index contributed by atoms with van der Waals surface area (Å²) >= 11 is 5.90. The summed E-state index contributed by atoms with van der Waals surface area (Å²) in [5, 5.41) is 3.37. The van der Waals surface area contributed by atoms with E-state index in [9.17, 15) is 14.0 Å². The first-order chi connectivity index (χ1) is 13.3. The third-order valence-corrected chi connectivity index (χ3v) is 4.52. The van der Waals surface area contributed by atoms with Gasteiger partial charge in [-0.15, -0.1) is 0 Å². The van der Waals surface area contributed by atoms with Crippen LogP contribution in [0.2, 0.25) is 5.02 Å². The van der Waals surface area contributed by atoms with Gasteiger partial charge in [-0.2, -0.15) is 0 Å². The van der Waals surface area contributed by atoms with Crippen LogP contribution in [-0.2, 0) is 16.0 Å². The van der Waals surface area contributed by atoms with Crippen LogP contribution < -0.4 is 15.8 Å². The molecule has 1 unspecified atom stereocenters. The molecule has 0 spiro atoms. The predicted octanol–water partition coefficient (Wildman–Crippen LogP) is 3.41. The Kier molecular flexibility index (Phi) is 8.26. The van der Waals surface area contributed by atoms with E-state index in [0.29, 0.717) is 24.5 Å². The van der Waals surface area contributed by atoms with Crippen LogP contribution in [0.5, 0.6) is 5.75 Å². The Morgan fingerprint density at radius 2 is 1.93 bits per heavy atom. The SMILES string of the molecule is Cc1cc(Cl)ccc1OCCCC(=O)NCC(Cc1ccc(F)cc1)C(N)=O. The second-order valence-corrected chi connectivity index (χ2v) is 7.03. The smallest absolute Gasteiger partial charge is 0.222 e. The number of carbonyl (C=O) groups is 2. The molecule has 2 amide bonds. The number of nitrogens with one attached hydrogen (secondary N) is 1. The Bertz CT molecular complexity index is 812. The summed E-state index contributed by atoms with van der Waals surface area (Å²) in [6, 6.07) is 11.2. The predicted molar refractivity (Wildman–Crippen MR) is 107 cm³/mol. The standard InChI is InChI=1S/C21H24ClFN2O3/c1-14-11-17(22)6-9-19(14)28-10-2-3-20(26)25-13-16(21(24)27)12-15-4-7-18(23)8-5-15/h4-9,11,16H,2-3,10,12-13H2,1H3,(H2,24,27)(H,25,26). The maximum Gasteiger partial charge on any atom is 0.222 e. The van der Waals surface area contributed by atoms with Crippen LogP contribution in [0.1, 0.15) is 24.0 Å². The normalized spacial score (nSPS) is 11.7. The molecule has 150 valence electrons. The Hall–Kier alpha value is -2.60. The molecule has 0 saturated carbocycles. The van der Waals surface area contributed by atoms with Crippen LogP contribution in [0.25, 0.3) is 0 Å². The molecule has 2 aromatic rings. The number of ether oxygens (including phenoxy) is 1. The van der Waals surface area contributed by atoms with Crippen molar-refractivity contribution in [1.29, 1.82) is 0 Å². The van der Waals surface area contributed by atoms with Gasteiger partial charge in [0.1, 0.15) is 11.6 Å². The molecule has 7 heteroatoms. The fourth-order valence-electron chi connectivity index (χ4n) is 2.69. The molecule has 3 N–H and O–H groups in total. The van der Waals surface area contributed by atoms with E-state index < -0.39 is 11.8 Å². The molecule has 0 bridgehead atoms. The van der Waals surface area contributed by atoms with Crippen molar-refractivity contribution in [3.8, 4) is 5.75 Å². The van der Waals surface area contributed by atoms with Crippen molar-refractivity contribution in [2.45, 2.75) is 26.2 Å². The van der Waals surface area contributed by atoms with Gasteiger partial charge in [0.05, 0.1) is 12.5 Å². The second kappa shape index (κ2) is 10.7. The molecule has 0 aliphatic heterocycles. The Morgan fingerprint density at radius 3 is 2.57 bits per heavy atom. The number of carbonyl (C=O) groups excluding carboxylic acids is 2. The molecule has 0 radical (unpaired) electrons. The molecule has 28 heavy (non-hydrogen) atoms. The summed E-state index contributed by atoms with van der Waals surface area (Å²) in [6.07, 6.45) is 1.15. The molecule has 0 aliphatic carbocycles. The number of aryl methyl sites for hydroxylation is 1. The molecule has 0 heterocycles. The molecular formula is C21H24ClFN2O3. The lowest BCUT2D eigenvalue weighted by atomic mass is 9.98. The van der Waals surface area contributed by atoms with Crippen molar-refractivity contribution < 1.29 is 18.7 Å². The number of benzene rings is 2. The monoisotopic (exact) mass is 406 g/mol. The number of hydrogen-bond donors (Lipinski definition) is 2. The van der Waals surface area contributed by atoms with Crippen LogP contribution in [0, 0.1) is 18.7 Å². The Labute approximate surface area is 169 Å². The first-order valence-corrected chi connectivity index (χ1v) is 9.42. The number of hydrogen-bond acceptors (Lipinski definition) is 3. The van der Waals surface area contributed by atoms with Crippen LogP contribution in [0.3, 0.4) is 0 Å². The minimum Gasteiger partial charge on any atom is -0.493 e. The van der Waals surface area contributed by atoms with Gasteiger partial charge in [0.2, 0.25) is 11.8 Å². The van der Waals surface area contributed by atoms with Crippen molar-refractivity contribution >= 4 is 23.4 Å². The minimum atomic E-state index is -0.553. The van der Waals surface area contributed by atoms with Gasteiger partial charge in [-0.1, -0.05) is 23.7 Å². The van der Waals surface area contributed by atoms with Crippen molar-refractivity contribution in [2.24, 2.45) is 11.7 Å². The number of rotatable bonds is 10. The molecule has 0 fully saturated rings. The fraction of sp³-hybridized carbons (Fsp3) is 0.333. The highest BCUT2D eigenvalue weighted by atomic mass is 35.5. The zero-order valence-corrected chi connectivity index (χ0v) is 16.5. The lowest BCUT2D eigenvalue weighted by molar-refractivity contribution is -0.123. The van der Waals surface area contributed by atoms with E-state index in [-0.39, 0.29) is 24.7 Å². The third kappa shape index (κ3) is 7.19. The van der Waals surface area contributed by atoms with Gasteiger partial charge in [0.15, 0.2) is 0 Å². The largest absolute Gasteiger partial charge is 0.493 e. The molecule has 2 rings (SSSR count). The van der Waals surface area contributed by atoms with E-state index in [1.807, 2.05) is 13.0 Å². The van der Waals surface area contributed by atoms with E-state index in [1.165, 1.54) is 12.1 Å². The zero-order valence-electron chi connectivity index (χ0n) is 15.7. The summed E-state index contributed by atoms with van der Waals surface area (Å²) in [5.41, 5.74) is 7.13. The number of amides is 2. The highest BCUT2D eigenvalue weighted by molar-refractivity contribution is 6.30. The highest BCUT2D eigenvalue weighted by Gasteiger charge is 2.17. The van der Waals surface area contributed by atoms with Crippen molar-refractivity contribution in [3.63, 3.8) is 0 Å². The zero-order chi connectivity index (χ0) is 20.5. The van der Waals surface area contributed by atoms with E-state index in [2.05, 4.69) is 5.32 Å². The van der Waals surface area contributed by atoms with Gasteiger partial charge in [0.25, 0.3) is 0 Å². The van der Waals surface area contributed by atoms with Crippen molar-refractivity contribution in [3.05, 3.63) is 64.4 Å². The molecule has 1 atom stereocenters. The Balaban J connectivity index is 1.72. The second-order valence-electron chi connectivity index (χ2n) is 6.60. The van der Waals surface area contributed by atoms with Crippen LogP contribution >= 0.6 is 11.6 Å². The summed E-state index contributed by atoms with van der Waals surface area (Å²) in [5.74, 6) is -0.850. The average Bonchev–Trinajstić information content (AvgIpc) is 2.65. The van der Waals surface area contributed by atoms with Crippen LogP contribution in [-0.4, -0.2) is 25.0 Å². The van der Waals surface area contributed by atoms with Gasteiger partial charge in [-0.25, -0.2) is 4.39 Å². The van der Waals surface area contributed by atoms with Gasteiger partial charge < -0.3 is 15.8 Å². The van der Waals surface area contributed by atoms with Gasteiger partial charge >= 0.3 is 0 Å². The first kappa shape index (κ1) is 21.7. The topological polar surface area (TPSA) is 81.4 Å². The summed E-state index contributed by atoms with van der Waals surface area (Å²) < 4.78 is 18.6. The average molecular weight is 407 g/mol. The molecule has 0 aliphatic rings. The van der Waals surface area contributed by atoms with Crippen molar-refractivity contribution in [2.75, 3.05) is 13.2 Å². The minimum absolute atomic E-state index is 0.142. The summed E-state index contributed by atoms with van der Waals surface area (Å²) in [6.45, 7) is 2.44. The van der Waals surface area contributed by atoms with Crippen LogP contribution in [0.15, 0.2) is 42.5 Å². The van der Waals surface area contributed by atoms with Crippen molar-refractivity contribution in [1.82, 2.24) is 5.32 Å². The third-order valence-electron chi connectivity index (χ3n) is 4.29. The summed E-state index contributed by atoms with van der Waals surface area (Å²) in [7, 11) is 0. The van der Waals surface area contributed by atoms with Crippen LogP contribution in [0.4, 0.5) is 4.39 Å². The highest BCUT2D eigenvalue weighted by Crippen LogP contribution is 2.21. The van der Waals surface area contributed by atoms with E-state index in [1.54, 1.807) is 24.3 Å². The lowest BCUT2D eigenvalue weighted by Crippen LogP contribution is -2.37. The molecule has 5 nitrogen and oxygen atoms in total. The molecule has 2 aromatic carbocycles. The molecule has 0 aromatic heterocycles. The molecular weight excluding hydrogens is 383 g/mol. The Morgan fingerprint density at radius 1 is 1.21 bits per heavy atom. The summed E-state index contributed by atoms with van der Waals surface area (Å²) in [4.78, 5) is 23.6. The molecule has 0 saturated heterocycles. The number of nitrogens with two attached hydrogens (primary N) is 1. The maximum atomic E-state index is 13.0. The first-order valence-electron chi connectivity index (χ1n) is 9.04. The quantitative estimate of drug-likeness (QED) is 0.593. The van der Waals surface area contributed by atoms with E-state index in [0.717, 1.165) is 16.9 Å². The van der Waals surface area contributed by atoms with E-state index >= 15 is 0 Å². The van der Waals surface area contributed by atoms with Gasteiger partial charge in [0, 0.05) is 18.0 Å². The van der Waals surface area contributed by atoms with Gasteiger partial charge in [-0.05, 0) is 61.2 Å². The van der Waals surface area contributed by atoms with E-state index in [4.69, 9.17) is 22.1 Å². The maximum absolute atomic E-state index is 13.0.